The Hall–Kier alpha value is -2.63. The molecule has 2 aromatic rings. The lowest BCUT2D eigenvalue weighted by molar-refractivity contribution is 0.0306. The Bertz CT molecular complexity index is 952. The summed E-state index contributed by atoms with van der Waals surface area (Å²) >= 11 is 0. The van der Waals surface area contributed by atoms with Gasteiger partial charge in [0.05, 0.1) is 13.2 Å². The summed E-state index contributed by atoms with van der Waals surface area (Å²) in [5.41, 5.74) is 3.17. The third-order valence-electron chi connectivity index (χ3n) is 7.02. The topological polar surface area (TPSA) is 36.0 Å². The van der Waals surface area contributed by atoms with Crippen LogP contribution < -0.4 is 4.74 Å². The summed E-state index contributed by atoms with van der Waals surface area (Å²) < 4.78 is 5.56. The Balaban J connectivity index is 1.95. The molecule has 2 aromatic carbocycles. The summed E-state index contributed by atoms with van der Waals surface area (Å²) in [5.74, 6) is 0.985. The van der Waals surface area contributed by atoms with Crippen LogP contribution >= 0.6 is 0 Å². The highest BCUT2D eigenvalue weighted by Crippen LogP contribution is 2.35. The van der Waals surface area contributed by atoms with Crippen LogP contribution in [0.4, 0.5) is 0 Å². The van der Waals surface area contributed by atoms with E-state index in [4.69, 9.17) is 4.74 Å². The maximum absolute atomic E-state index is 13.1. The predicted octanol–water partition coefficient (Wildman–Crippen LogP) is 5.63. The quantitative estimate of drug-likeness (QED) is 0.393. The van der Waals surface area contributed by atoms with Crippen molar-refractivity contribution in [3.05, 3.63) is 77.9 Å². The van der Waals surface area contributed by atoms with Crippen LogP contribution in [0.2, 0.25) is 0 Å². The van der Waals surface area contributed by atoms with Crippen LogP contribution in [0.3, 0.4) is 0 Å². The first-order valence-corrected chi connectivity index (χ1v) is 13.1. The van der Waals surface area contributed by atoms with E-state index in [9.17, 15) is 4.79 Å². The van der Waals surface area contributed by atoms with Crippen molar-refractivity contribution in [2.45, 2.75) is 58.7 Å². The van der Waals surface area contributed by atoms with Crippen LogP contribution in [0, 0.1) is 0 Å². The first-order valence-electron chi connectivity index (χ1n) is 13.1. The first kappa shape index (κ1) is 27.0. The Morgan fingerprint density at radius 1 is 1.06 bits per heavy atom. The number of nitrogens with zero attached hydrogens (tertiary/aromatic N) is 3. The number of piperazine rings is 1. The molecule has 35 heavy (non-hydrogen) atoms. The van der Waals surface area contributed by atoms with E-state index < -0.39 is 0 Å². The number of ether oxygens (including phenoxy) is 1. The van der Waals surface area contributed by atoms with Gasteiger partial charge in [0.1, 0.15) is 5.75 Å². The SMILES string of the molecule is C=CCN1C[C@H](C)N([C@@H](c2ccc(C(=O)N(CCC)CCC)cc2)c2cccc(OC)c2)C[C@H]1C. The molecule has 0 saturated carbocycles. The highest BCUT2D eigenvalue weighted by atomic mass is 16.5. The highest BCUT2D eigenvalue weighted by Gasteiger charge is 2.34. The van der Waals surface area contributed by atoms with Crippen molar-refractivity contribution >= 4 is 5.91 Å². The lowest BCUT2D eigenvalue weighted by atomic mass is 9.92. The van der Waals surface area contributed by atoms with Crippen molar-refractivity contribution < 1.29 is 9.53 Å². The Morgan fingerprint density at radius 3 is 2.34 bits per heavy atom. The Morgan fingerprint density at radius 2 is 1.74 bits per heavy atom. The average molecular weight is 478 g/mol. The molecular weight excluding hydrogens is 434 g/mol. The molecule has 1 heterocycles. The van der Waals surface area contributed by atoms with E-state index in [2.05, 4.69) is 74.4 Å². The normalized spacial score (nSPS) is 19.8. The number of amides is 1. The summed E-state index contributed by atoms with van der Waals surface area (Å²) in [6, 6.07) is 17.5. The first-order chi connectivity index (χ1) is 16.9. The fourth-order valence-corrected chi connectivity index (χ4v) is 5.24. The second kappa shape index (κ2) is 12.9. The zero-order chi connectivity index (χ0) is 25.4. The number of carbonyl (C=O) groups excluding carboxylic acids is 1. The molecule has 1 saturated heterocycles. The van der Waals surface area contributed by atoms with Gasteiger partial charge in [-0.25, -0.2) is 0 Å². The monoisotopic (exact) mass is 477 g/mol. The second-order valence-corrected chi connectivity index (χ2v) is 9.73. The molecule has 1 aliphatic rings. The number of hydrogen-bond donors (Lipinski definition) is 0. The average Bonchev–Trinajstić information content (AvgIpc) is 2.87. The van der Waals surface area contributed by atoms with Crippen LogP contribution in [0.1, 0.15) is 68.1 Å². The summed E-state index contributed by atoms with van der Waals surface area (Å²) in [6.07, 6.45) is 3.93. The van der Waals surface area contributed by atoms with Gasteiger partial charge in [-0.05, 0) is 62.1 Å². The molecule has 0 radical (unpaired) electrons. The molecule has 0 N–H and O–H groups in total. The standard InChI is InChI=1S/C30H43N3O2/c1-7-17-31(18-8-2)30(34)26-15-13-25(14-16-26)29(27-11-10-12-28(20-27)35-6)33-22-23(4)32(19-9-3)21-24(33)5/h9-16,20,23-24,29H,3,7-8,17-19,21-22H2,1-2,4-6H3/t23-,24+,29+/m1/s1. The largest absolute Gasteiger partial charge is 0.497 e. The minimum atomic E-state index is 0.0833. The van der Waals surface area contributed by atoms with Crippen molar-refractivity contribution in [2.24, 2.45) is 0 Å². The van der Waals surface area contributed by atoms with Crippen LogP contribution in [0.5, 0.6) is 5.75 Å². The van der Waals surface area contributed by atoms with Crippen molar-refractivity contribution in [3.63, 3.8) is 0 Å². The van der Waals surface area contributed by atoms with Crippen molar-refractivity contribution in [2.75, 3.05) is 39.8 Å². The Labute approximate surface area is 212 Å². The molecule has 5 heteroatoms. The van der Waals surface area contributed by atoms with Crippen molar-refractivity contribution in [3.8, 4) is 5.75 Å². The lowest BCUT2D eigenvalue weighted by Gasteiger charge is -2.47. The smallest absolute Gasteiger partial charge is 0.253 e. The molecule has 1 fully saturated rings. The van der Waals surface area contributed by atoms with Gasteiger partial charge in [0, 0.05) is 50.4 Å². The molecule has 0 aliphatic carbocycles. The zero-order valence-corrected chi connectivity index (χ0v) is 22.2. The summed E-state index contributed by atoms with van der Waals surface area (Å²) in [4.78, 5) is 20.2. The number of methoxy groups -OCH3 is 1. The van der Waals surface area contributed by atoms with Crippen molar-refractivity contribution in [1.29, 1.82) is 0 Å². The number of benzene rings is 2. The van der Waals surface area contributed by atoms with Gasteiger partial charge < -0.3 is 9.64 Å². The molecule has 0 spiro atoms. The molecule has 0 unspecified atom stereocenters. The van der Waals surface area contributed by atoms with Crippen LogP contribution in [0.15, 0.2) is 61.2 Å². The van der Waals surface area contributed by atoms with Gasteiger partial charge in [0.25, 0.3) is 5.91 Å². The van der Waals surface area contributed by atoms with Gasteiger partial charge in [-0.15, -0.1) is 6.58 Å². The molecule has 0 bridgehead atoms. The molecular formula is C30H43N3O2. The van der Waals surface area contributed by atoms with Gasteiger partial charge in [-0.1, -0.05) is 44.2 Å². The van der Waals surface area contributed by atoms with Gasteiger partial charge >= 0.3 is 0 Å². The van der Waals surface area contributed by atoms with Crippen molar-refractivity contribution in [1.82, 2.24) is 14.7 Å². The molecule has 190 valence electrons. The molecule has 0 aromatic heterocycles. The van der Waals surface area contributed by atoms with Gasteiger partial charge in [0.2, 0.25) is 0 Å². The molecule has 1 aliphatic heterocycles. The number of hydrogen-bond acceptors (Lipinski definition) is 4. The fourth-order valence-electron chi connectivity index (χ4n) is 5.24. The lowest BCUT2D eigenvalue weighted by Crippen LogP contribution is -2.57. The molecule has 3 atom stereocenters. The molecule has 3 rings (SSSR count). The minimum absolute atomic E-state index is 0.0833. The third-order valence-corrected chi connectivity index (χ3v) is 7.02. The van der Waals surface area contributed by atoms with E-state index >= 15 is 0 Å². The van der Waals surface area contributed by atoms with Crippen LogP contribution in [-0.4, -0.2) is 72.5 Å². The molecule has 5 nitrogen and oxygen atoms in total. The summed E-state index contributed by atoms with van der Waals surface area (Å²) in [6.45, 7) is 17.2. The summed E-state index contributed by atoms with van der Waals surface area (Å²) in [5, 5.41) is 0. The Kier molecular flexibility index (Phi) is 9.93. The molecule has 1 amide bonds. The fraction of sp³-hybridized carbons (Fsp3) is 0.500. The van der Waals surface area contributed by atoms with E-state index in [1.54, 1.807) is 7.11 Å². The maximum Gasteiger partial charge on any atom is 0.253 e. The zero-order valence-electron chi connectivity index (χ0n) is 22.2. The minimum Gasteiger partial charge on any atom is -0.497 e. The van der Waals surface area contributed by atoms with Gasteiger partial charge in [-0.2, -0.15) is 0 Å². The van der Waals surface area contributed by atoms with E-state index in [0.29, 0.717) is 12.1 Å². The predicted molar refractivity (Wildman–Crippen MR) is 145 cm³/mol. The third kappa shape index (κ3) is 6.53. The van der Waals surface area contributed by atoms with E-state index in [1.807, 2.05) is 29.2 Å². The summed E-state index contributed by atoms with van der Waals surface area (Å²) in [7, 11) is 1.71. The van der Waals surface area contributed by atoms with E-state index in [0.717, 1.165) is 56.9 Å². The number of carbonyl (C=O) groups is 1. The van der Waals surface area contributed by atoms with E-state index in [-0.39, 0.29) is 11.9 Å². The maximum atomic E-state index is 13.1. The van der Waals surface area contributed by atoms with E-state index in [1.165, 1.54) is 11.1 Å². The van der Waals surface area contributed by atoms with Gasteiger partial charge in [0.15, 0.2) is 0 Å². The van der Waals surface area contributed by atoms with Crippen LogP contribution in [0.25, 0.3) is 0 Å². The van der Waals surface area contributed by atoms with Crippen LogP contribution in [-0.2, 0) is 0 Å². The second-order valence-electron chi connectivity index (χ2n) is 9.73. The highest BCUT2D eigenvalue weighted by molar-refractivity contribution is 5.94. The van der Waals surface area contributed by atoms with Gasteiger partial charge in [-0.3, -0.25) is 14.6 Å². The number of rotatable bonds is 11.